The van der Waals surface area contributed by atoms with E-state index < -0.39 is 0 Å². The van der Waals surface area contributed by atoms with Gasteiger partial charge in [-0.2, -0.15) is 0 Å². The Balaban J connectivity index is 1.88. The lowest BCUT2D eigenvalue weighted by atomic mass is 10.2. The second-order valence-electron chi connectivity index (χ2n) is 3.25. The summed E-state index contributed by atoms with van der Waals surface area (Å²) >= 11 is 0. The van der Waals surface area contributed by atoms with Crippen LogP contribution in [0.3, 0.4) is 0 Å². The van der Waals surface area contributed by atoms with Crippen molar-refractivity contribution in [3.63, 3.8) is 0 Å². The summed E-state index contributed by atoms with van der Waals surface area (Å²) in [7, 11) is 0. The molecule has 0 aliphatic carbocycles. The molecule has 0 unspecified atom stereocenters. The molecule has 1 aliphatic heterocycles. The minimum Gasteiger partial charge on any atom is -0.454 e. The summed E-state index contributed by atoms with van der Waals surface area (Å²) in [6.07, 6.45) is 0. The summed E-state index contributed by atoms with van der Waals surface area (Å²) in [4.78, 5) is 10.8. The number of carbonyl (C=O) groups is 1. The van der Waals surface area contributed by atoms with Gasteiger partial charge in [-0.1, -0.05) is 6.07 Å². The molecular weight excluding hydrogens is 212 g/mol. The maximum atomic E-state index is 10.8. The molecule has 0 spiro atoms. The normalized spacial score (nSPS) is 12.6. The Bertz CT molecular complexity index is 394. The van der Waals surface area contributed by atoms with Crippen LogP contribution in [0.25, 0.3) is 0 Å². The molecule has 0 saturated carbocycles. The zero-order valence-corrected chi connectivity index (χ0v) is 8.56. The average molecular weight is 224 g/mol. The SMILES string of the molecule is NNC(=O)COCc1ccc2c(c1)OCO2. The molecule has 0 saturated heterocycles. The van der Waals surface area contributed by atoms with Crippen molar-refractivity contribution in [2.45, 2.75) is 6.61 Å². The van der Waals surface area contributed by atoms with E-state index in [-0.39, 0.29) is 19.3 Å². The Morgan fingerprint density at radius 3 is 3.06 bits per heavy atom. The fourth-order valence-electron chi connectivity index (χ4n) is 1.33. The summed E-state index contributed by atoms with van der Waals surface area (Å²) in [6.45, 7) is 0.504. The molecule has 1 aromatic carbocycles. The van der Waals surface area contributed by atoms with E-state index in [9.17, 15) is 4.79 Å². The van der Waals surface area contributed by atoms with Gasteiger partial charge in [0.05, 0.1) is 6.61 Å². The molecule has 16 heavy (non-hydrogen) atoms. The van der Waals surface area contributed by atoms with Crippen molar-refractivity contribution in [3.05, 3.63) is 23.8 Å². The summed E-state index contributed by atoms with van der Waals surface area (Å²) in [5.41, 5.74) is 2.90. The van der Waals surface area contributed by atoms with Crippen LogP contribution in [-0.4, -0.2) is 19.3 Å². The lowest BCUT2D eigenvalue weighted by molar-refractivity contribution is -0.126. The Kier molecular flexibility index (Phi) is 3.23. The molecule has 0 radical (unpaired) electrons. The van der Waals surface area contributed by atoms with E-state index in [2.05, 4.69) is 0 Å². The maximum Gasteiger partial charge on any atom is 0.259 e. The first-order chi connectivity index (χ1) is 7.79. The third-order valence-electron chi connectivity index (χ3n) is 2.10. The summed E-state index contributed by atoms with van der Waals surface area (Å²) in [5.74, 6) is 5.97. The van der Waals surface area contributed by atoms with Gasteiger partial charge in [0.25, 0.3) is 5.91 Å². The van der Waals surface area contributed by atoms with Crippen LogP contribution in [0.5, 0.6) is 11.5 Å². The highest BCUT2D eigenvalue weighted by atomic mass is 16.7. The first kappa shape index (κ1) is 10.7. The van der Waals surface area contributed by atoms with Gasteiger partial charge in [-0.15, -0.1) is 0 Å². The average Bonchev–Trinajstić information content (AvgIpc) is 2.76. The molecule has 1 aliphatic rings. The van der Waals surface area contributed by atoms with Crippen LogP contribution < -0.4 is 20.7 Å². The van der Waals surface area contributed by atoms with Crippen molar-refractivity contribution < 1.29 is 19.0 Å². The number of fused-ring (bicyclic) bond motifs is 1. The fourth-order valence-corrected chi connectivity index (χ4v) is 1.33. The summed E-state index contributed by atoms with van der Waals surface area (Å²) in [5, 5.41) is 0. The van der Waals surface area contributed by atoms with Crippen molar-refractivity contribution in [1.29, 1.82) is 0 Å². The van der Waals surface area contributed by atoms with Crippen LogP contribution in [-0.2, 0) is 16.1 Å². The van der Waals surface area contributed by atoms with Crippen molar-refractivity contribution in [3.8, 4) is 11.5 Å². The number of rotatable bonds is 4. The van der Waals surface area contributed by atoms with Gasteiger partial charge >= 0.3 is 0 Å². The molecule has 1 heterocycles. The highest BCUT2D eigenvalue weighted by Crippen LogP contribution is 2.32. The first-order valence-electron chi connectivity index (χ1n) is 4.75. The number of hydrogen-bond acceptors (Lipinski definition) is 5. The lowest BCUT2D eigenvalue weighted by Crippen LogP contribution is -2.33. The molecule has 3 N–H and O–H groups in total. The Hall–Kier alpha value is -1.79. The zero-order valence-electron chi connectivity index (χ0n) is 8.56. The third kappa shape index (κ3) is 2.41. The van der Waals surface area contributed by atoms with Crippen molar-refractivity contribution >= 4 is 5.91 Å². The minimum atomic E-state index is -0.360. The zero-order chi connectivity index (χ0) is 11.4. The fraction of sp³-hybridized carbons (Fsp3) is 0.300. The molecule has 86 valence electrons. The molecule has 6 heteroatoms. The quantitative estimate of drug-likeness (QED) is 0.424. The molecule has 1 aromatic rings. The first-order valence-corrected chi connectivity index (χ1v) is 4.75. The monoisotopic (exact) mass is 224 g/mol. The molecule has 1 amide bonds. The van der Waals surface area contributed by atoms with E-state index in [4.69, 9.17) is 20.1 Å². The molecule has 6 nitrogen and oxygen atoms in total. The smallest absolute Gasteiger partial charge is 0.259 e. The summed E-state index contributed by atoms with van der Waals surface area (Å²) < 4.78 is 15.5. The minimum absolute atomic E-state index is 0.0645. The van der Waals surface area contributed by atoms with Gasteiger partial charge in [0.1, 0.15) is 6.61 Å². The van der Waals surface area contributed by atoms with Crippen LogP contribution >= 0.6 is 0 Å². The van der Waals surface area contributed by atoms with E-state index in [1.54, 1.807) is 0 Å². The van der Waals surface area contributed by atoms with Crippen molar-refractivity contribution in [1.82, 2.24) is 5.43 Å². The van der Waals surface area contributed by atoms with Crippen LogP contribution in [0.1, 0.15) is 5.56 Å². The van der Waals surface area contributed by atoms with Crippen molar-refractivity contribution in [2.75, 3.05) is 13.4 Å². The van der Waals surface area contributed by atoms with Crippen LogP contribution in [0, 0.1) is 0 Å². The van der Waals surface area contributed by atoms with Gasteiger partial charge in [-0.25, -0.2) is 5.84 Å². The molecule has 2 rings (SSSR count). The number of nitrogens with one attached hydrogen (secondary N) is 1. The van der Waals surface area contributed by atoms with Crippen LogP contribution in [0.2, 0.25) is 0 Å². The van der Waals surface area contributed by atoms with Gasteiger partial charge in [-0.05, 0) is 17.7 Å². The standard InChI is InChI=1S/C10H12N2O4/c11-12-10(13)5-14-4-7-1-2-8-9(3-7)16-6-15-8/h1-3H,4-6,11H2,(H,12,13). The number of hydrazine groups is 1. The van der Waals surface area contributed by atoms with Gasteiger partial charge in [-0.3, -0.25) is 10.2 Å². The predicted octanol–water partition coefficient (Wildman–Crippen LogP) is -0.0782. The molecule has 0 aromatic heterocycles. The Labute approximate surface area is 92.2 Å². The van der Waals surface area contributed by atoms with Gasteiger partial charge in [0, 0.05) is 0 Å². The molecule has 0 fully saturated rings. The summed E-state index contributed by atoms with van der Waals surface area (Å²) in [6, 6.07) is 5.49. The number of ether oxygens (including phenoxy) is 3. The predicted molar refractivity (Wildman–Crippen MR) is 54.6 cm³/mol. The maximum absolute atomic E-state index is 10.8. The van der Waals surface area contributed by atoms with E-state index >= 15 is 0 Å². The Morgan fingerprint density at radius 1 is 1.44 bits per heavy atom. The number of amides is 1. The second kappa shape index (κ2) is 4.82. The highest BCUT2D eigenvalue weighted by molar-refractivity contribution is 5.76. The Morgan fingerprint density at radius 2 is 2.25 bits per heavy atom. The number of nitrogens with two attached hydrogens (primary N) is 1. The van der Waals surface area contributed by atoms with Gasteiger partial charge in [0.2, 0.25) is 6.79 Å². The van der Waals surface area contributed by atoms with Gasteiger partial charge in [0.15, 0.2) is 11.5 Å². The number of hydrogen-bond donors (Lipinski definition) is 2. The van der Waals surface area contributed by atoms with E-state index in [1.807, 2.05) is 23.6 Å². The van der Waals surface area contributed by atoms with Crippen molar-refractivity contribution in [2.24, 2.45) is 5.84 Å². The highest BCUT2D eigenvalue weighted by Gasteiger charge is 2.13. The number of carbonyl (C=O) groups excluding carboxylic acids is 1. The third-order valence-corrected chi connectivity index (χ3v) is 2.10. The van der Waals surface area contributed by atoms with Crippen LogP contribution in [0.15, 0.2) is 18.2 Å². The van der Waals surface area contributed by atoms with E-state index in [1.165, 1.54) is 0 Å². The molecule has 0 atom stereocenters. The van der Waals surface area contributed by atoms with Gasteiger partial charge < -0.3 is 14.2 Å². The molecule has 0 bridgehead atoms. The lowest BCUT2D eigenvalue weighted by Gasteiger charge is -2.04. The number of benzene rings is 1. The topological polar surface area (TPSA) is 82.8 Å². The van der Waals surface area contributed by atoms with Crippen LogP contribution in [0.4, 0.5) is 0 Å². The van der Waals surface area contributed by atoms with E-state index in [0.717, 1.165) is 11.3 Å². The largest absolute Gasteiger partial charge is 0.454 e. The second-order valence-corrected chi connectivity index (χ2v) is 3.25. The van der Waals surface area contributed by atoms with E-state index in [0.29, 0.717) is 12.4 Å². The molecular formula is C10H12N2O4.